The number of carbonyl (C=O) groups is 1. The van der Waals surface area contributed by atoms with Crippen molar-refractivity contribution in [3.8, 4) is 0 Å². The van der Waals surface area contributed by atoms with Crippen LogP contribution in [-0.4, -0.2) is 86.6 Å². The van der Waals surface area contributed by atoms with Crippen LogP contribution in [0.4, 0.5) is 0 Å². The molecule has 0 bridgehead atoms. The molecule has 138 valence electrons. The van der Waals surface area contributed by atoms with Crippen LogP contribution in [0, 0.1) is 0 Å². The van der Waals surface area contributed by atoms with Crippen LogP contribution in [0.5, 0.6) is 0 Å². The number of hydrogen-bond donors (Lipinski definition) is 0. The summed E-state index contributed by atoms with van der Waals surface area (Å²) >= 11 is 0. The summed E-state index contributed by atoms with van der Waals surface area (Å²) in [6.45, 7) is 6.73. The van der Waals surface area contributed by atoms with Crippen LogP contribution in [0.2, 0.25) is 0 Å². The van der Waals surface area contributed by atoms with E-state index in [-0.39, 0.29) is 17.6 Å². The van der Waals surface area contributed by atoms with Crippen molar-refractivity contribution in [3.05, 3.63) is 24.2 Å². The summed E-state index contributed by atoms with van der Waals surface area (Å²) in [7, 11) is 0. The van der Waals surface area contributed by atoms with E-state index in [1.165, 1.54) is 12.5 Å². The van der Waals surface area contributed by atoms with Crippen molar-refractivity contribution in [2.45, 2.75) is 24.5 Å². The lowest BCUT2D eigenvalue weighted by Gasteiger charge is -2.33. The van der Waals surface area contributed by atoms with E-state index in [1.54, 1.807) is 6.07 Å². The van der Waals surface area contributed by atoms with Gasteiger partial charge in [-0.15, -0.1) is 0 Å². The minimum atomic E-state index is -0.382. The zero-order valence-corrected chi connectivity index (χ0v) is 14.5. The second-order valence-electron chi connectivity index (χ2n) is 7.17. The van der Waals surface area contributed by atoms with E-state index in [9.17, 15) is 4.79 Å². The van der Waals surface area contributed by atoms with Gasteiger partial charge in [-0.3, -0.25) is 9.69 Å². The fourth-order valence-corrected chi connectivity index (χ4v) is 3.97. The highest BCUT2D eigenvalue weighted by atomic mass is 16.6. The van der Waals surface area contributed by atoms with Crippen molar-refractivity contribution < 1.29 is 23.4 Å². The first-order chi connectivity index (χ1) is 12.2. The smallest absolute Gasteiger partial charge is 0.257 e. The van der Waals surface area contributed by atoms with Crippen LogP contribution in [0.1, 0.15) is 23.2 Å². The standard InChI is InChI=1S/C18H26N2O5/c21-17(15-2-7-23-12-15)20-6-10-24-14-18(13-20)3-1-16(25-18)11-19-4-8-22-9-5-19/h2,7,12,16H,1,3-6,8-11,13-14H2/t16-,18+/m0/s1. The summed E-state index contributed by atoms with van der Waals surface area (Å²) in [5.41, 5.74) is 0.201. The van der Waals surface area contributed by atoms with Crippen molar-refractivity contribution >= 4 is 5.91 Å². The molecule has 0 radical (unpaired) electrons. The molecule has 0 unspecified atom stereocenters. The zero-order valence-electron chi connectivity index (χ0n) is 14.5. The van der Waals surface area contributed by atoms with Gasteiger partial charge >= 0.3 is 0 Å². The molecule has 3 saturated heterocycles. The van der Waals surface area contributed by atoms with E-state index in [1.807, 2.05) is 4.90 Å². The van der Waals surface area contributed by atoms with E-state index >= 15 is 0 Å². The molecule has 3 aliphatic rings. The fraction of sp³-hybridized carbons (Fsp3) is 0.722. The number of amides is 1. The van der Waals surface area contributed by atoms with E-state index in [4.69, 9.17) is 18.6 Å². The number of ether oxygens (including phenoxy) is 3. The molecule has 1 aromatic rings. The highest BCUT2D eigenvalue weighted by Gasteiger charge is 2.44. The van der Waals surface area contributed by atoms with Crippen LogP contribution >= 0.6 is 0 Å². The fourth-order valence-electron chi connectivity index (χ4n) is 3.97. The van der Waals surface area contributed by atoms with Gasteiger partial charge in [0.1, 0.15) is 11.9 Å². The van der Waals surface area contributed by atoms with E-state index in [0.717, 1.165) is 45.7 Å². The van der Waals surface area contributed by atoms with Crippen LogP contribution in [0.15, 0.2) is 23.0 Å². The van der Waals surface area contributed by atoms with Crippen LogP contribution < -0.4 is 0 Å². The molecule has 0 aliphatic carbocycles. The Bertz CT molecular complexity index is 572. The largest absolute Gasteiger partial charge is 0.472 e. The number of nitrogens with zero attached hydrogens (tertiary/aromatic N) is 2. The van der Waals surface area contributed by atoms with E-state index in [0.29, 0.717) is 31.9 Å². The molecule has 0 saturated carbocycles. The lowest BCUT2D eigenvalue weighted by molar-refractivity contribution is -0.0945. The third-order valence-electron chi connectivity index (χ3n) is 5.31. The molecule has 1 amide bonds. The molecule has 1 spiro atoms. The number of carbonyl (C=O) groups excluding carboxylic acids is 1. The minimum Gasteiger partial charge on any atom is -0.472 e. The Hall–Kier alpha value is -1.41. The predicted molar refractivity (Wildman–Crippen MR) is 89.5 cm³/mol. The Kier molecular flexibility index (Phi) is 5.08. The van der Waals surface area contributed by atoms with Crippen molar-refractivity contribution in [2.24, 2.45) is 0 Å². The first kappa shape index (κ1) is 17.0. The minimum absolute atomic E-state index is 0.0149. The summed E-state index contributed by atoms with van der Waals surface area (Å²) < 4.78 is 22.7. The first-order valence-electron chi connectivity index (χ1n) is 9.11. The number of hydrogen-bond acceptors (Lipinski definition) is 6. The van der Waals surface area contributed by atoms with Crippen molar-refractivity contribution in [1.29, 1.82) is 0 Å². The Morgan fingerprint density at radius 2 is 2.04 bits per heavy atom. The van der Waals surface area contributed by atoms with Gasteiger partial charge in [0.05, 0.1) is 50.9 Å². The van der Waals surface area contributed by atoms with Gasteiger partial charge < -0.3 is 23.5 Å². The molecular formula is C18H26N2O5. The third kappa shape index (κ3) is 3.89. The van der Waals surface area contributed by atoms with Gasteiger partial charge in [-0.1, -0.05) is 0 Å². The maximum atomic E-state index is 12.7. The van der Waals surface area contributed by atoms with E-state index < -0.39 is 0 Å². The molecule has 3 fully saturated rings. The Morgan fingerprint density at radius 1 is 1.20 bits per heavy atom. The first-order valence-corrected chi connectivity index (χ1v) is 9.11. The van der Waals surface area contributed by atoms with Crippen molar-refractivity contribution in [2.75, 3.05) is 59.2 Å². The van der Waals surface area contributed by atoms with Crippen molar-refractivity contribution in [3.63, 3.8) is 0 Å². The predicted octanol–water partition coefficient (Wildman–Crippen LogP) is 1.00. The second-order valence-corrected chi connectivity index (χ2v) is 7.17. The Morgan fingerprint density at radius 3 is 2.84 bits per heavy atom. The molecular weight excluding hydrogens is 324 g/mol. The monoisotopic (exact) mass is 350 g/mol. The number of morpholine rings is 1. The summed E-state index contributed by atoms with van der Waals surface area (Å²) in [4.78, 5) is 16.9. The normalized spacial score (nSPS) is 31.4. The second kappa shape index (κ2) is 7.45. The highest BCUT2D eigenvalue weighted by Crippen LogP contribution is 2.34. The lowest BCUT2D eigenvalue weighted by atomic mass is 9.99. The van der Waals surface area contributed by atoms with Gasteiger partial charge in [0.15, 0.2) is 0 Å². The molecule has 1 aromatic heterocycles. The average Bonchev–Trinajstić information content (AvgIpc) is 3.24. The molecule has 4 heterocycles. The average molecular weight is 350 g/mol. The van der Waals surface area contributed by atoms with Crippen LogP contribution in [-0.2, 0) is 14.2 Å². The summed E-state index contributed by atoms with van der Waals surface area (Å²) in [6, 6.07) is 1.71. The highest BCUT2D eigenvalue weighted by molar-refractivity contribution is 5.93. The van der Waals surface area contributed by atoms with Crippen LogP contribution in [0.3, 0.4) is 0 Å². The lowest BCUT2D eigenvalue weighted by Crippen LogP contribution is -2.47. The summed E-state index contributed by atoms with van der Waals surface area (Å²) in [6.07, 6.45) is 5.16. The van der Waals surface area contributed by atoms with Crippen LogP contribution in [0.25, 0.3) is 0 Å². The Labute approximate surface area is 147 Å². The van der Waals surface area contributed by atoms with Crippen molar-refractivity contribution in [1.82, 2.24) is 9.80 Å². The van der Waals surface area contributed by atoms with Gasteiger partial charge in [0.2, 0.25) is 0 Å². The quantitative estimate of drug-likeness (QED) is 0.810. The molecule has 3 aliphatic heterocycles. The molecule has 0 N–H and O–H groups in total. The number of rotatable bonds is 3. The Balaban J connectivity index is 1.39. The number of furan rings is 1. The van der Waals surface area contributed by atoms with Gasteiger partial charge in [0.25, 0.3) is 5.91 Å². The zero-order chi connectivity index (χ0) is 17.1. The molecule has 7 nitrogen and oxygen atoms in total. The third-order valence-corrected chi connectivity index (χ3v) is 5.31. The molecule has 4 rings (SSSR count). The maximum Gasteiger partial charge on any atom is 0.257 e. The molecule has 25 heavy (non-hydrogen) atoms. The van der Waals surface area contributed by atoms with Gasteiger partial charge in [-0.2, -0.15) is 0 Å². The molecule has 0 aromatic carbocycles. The van der Waals surface area contributed by atoms with Gasteiger partial charge in [-0.05, 0) is 18.9 Å². The SMILES string of the molecule is O=C(c1ccoc1)N1CCOC[C@@]2(CC[C@@H](CN3CCOCC3)O2)C1. The maximum absolute atomic E-state index is 12.7. The van der Waals surface area contributed by atoms with Gasteiger partial charge in [0, 0.05) is 26.2 Å². The van der Waals surface area contributed by atoms with Gasteiger partial charge in [-0.25, -0.2) is 0 Å². The summed E-state index contributed by atoms with van der Waals surface area (Å²) in [5.74, 6) is -0.0149. The molecule has 2 atom stereocenters. The van der Waals surface area contributed by atoms with E-state index in [2.05, 4.69) is 4.90 Å². The topological polar surface area (TPSA) is 64.4 Å². The summed E-state index contributed by atoms with van der Waals surface area (Å²) in [5, 5.41) is 0. The molecule has 7 heteroatoms.